The molecule has 2 N–H and O–H groups in total. The number of benzene rings is 1. The minimum absolute atomic E-state index is 0.236. The van der Waals surface area contributed by atoms with E-state index in [1.807, 2.05) is 43.5 Å². The van der Waals surface area contributed by atoms with Gasteiger partial charge in [-0.15, -0.1) is 11.3 Å². The fourth-order valence-electron chi connectivity index (χ4n) is 1.73. The fraction of sp³-hybridized carbons (Fsp3) is 0.333. The van der Waals surface area contributed by atoms with Gasteiger partial charge in [-0.3, -0.25) is 5.32 Å². The van der Waals surface area contributed by atoms with E-state index in [1.54, 1.807) is 0 Å². The molecule has 0 aliphatic heterocycles. The number of urea groups is 1. The molecule has 2 aromatic rings. The third kappa shape index (κ3) is 5.07. The van der Waals surface area contributed by atoms with E-state index in [1.165, 1.54) is 11.3 Å². The molecule has 0 saturated heterocycles. The molecule has 1 aromatic carbocycles. The summed E-state index contributed by atoms with van der Waals surface area (Å²) in [5, 5.41) is 7.98. The van der Waals surface area contributed by atoms with Crippen molar-refractivity contribution in [2.45, 2.75) is 20.3 Å². The number of ether oxygens (including phenoxy) is 1. The van der Waals surface area contributed by atoms with Crippen molar-refractivity contribution in [1.29, 1.82) is 0 Å². The quantitative estimate of drug-likeness (QED) is 0.804. The molecule has 0 aliphatic carbocycles. The summed E-state index contributed by atoms with van der Waals surface area (Å²) in [5.41, 5.74) is 2.02. The Morgan fingerprint density at radius 2 is 2.14 bits per heavy atom. The van der Waals surface area contributed by atoms with Crippen LogP contribution in [0.4, 0.5) is 9.93 Å². The highest BCUT2D eigenvalue weighted by Crippen LogP contribution is 2.16. The van der Waals surface area contributed by atoms with Gasteiger partial charge in [0.15, 0.2) is 5.13 Å². The lowest BCUT2D eigenvalue weighted by molar-refractivity contribution is 0.250. The summed E-state index contributed by atoms with van der Waals surface area (Å²) in [6.07, 6.45) is 0.749. The number of aryl methyl sites for hydroxylation is 2. The maximum Gasteiger partial charge on any atom is 0.321 e. The maximum atomic E-state index is 11.6. The van der Waals surface area contributed by atoms with Gasteiger partial charge in [0.05, 0.1) is 12.3 Å². The lowest BCUT2D eigenvalue weighted by Crippen LogP contribution is -2.30. The van der Waals surface area contributed by atoms with Crippen molar-refractivity contribution < 1.29 is 9.53 Å². The second-order valence-electron chi connectivity index (χ2n) is 4.64. The van der Waals surface area contributed by atoms with Crippen LogP contribution in [0.2, 0.25) is 0 Å². The molecule has 0 unspecified atom stereocenters. The zero-order valence-corrected chi connectivity index (χ0v) is 13.0. The Labute approximate surface area is 128 Å². The highest BCUT2D eigenvalue weighted by molar-refractivity contribution is 7.13. The van der Waals surface area contributed by atoms with Gasteiger partial charge in [0.1, 0.15) is 5.75 Å². The lowest BCUT2D eigenvalue weighted by Gasteiger charge is -2.09. The summed E-state index contributed by atoms with van der Waals surface area (Å²) in [6, 6.07) is 7.65. The minimum Gasteiger partial charge on any atom is -0.493 e. The van der Waals surface area contributed by atoms with E-state index in [0.29, 0.717) is 18.3 Å². The number of nitrogens with zero attached hydrogens (tertiary/aromatic N) is 1. The Morgan fingerprint density at radius 1 is 1.33 bits per heavy atom. The van der Waals surface area contributed by atoms with Crippen molar-refractivity contribution >= 4 is 22.5 Å². The van der Waals surface area contributed by atoms with E-state index in [2.05, 4.69) is 15.6 Å². The van der Waals surface area contributed by atoms with Crippen LogP contribution in [-0.2, 0) is 0 Å². The lowest BCUT2D eigenvalue weighted by atomic mass is 10.2. The van der Waals surface area contributed by atoms with Crippen LogP contribution in [0, 0.1) is 13.8 Å². The molecule has 0 fully saturated rings. The molecule has 6 heteroatoms. The van der Waals surface area contributed by atoms with Crippen LogP contribution in [0.15, 0.2) is 29.6 Å². The van der Waals surface area contributed by atoms with Crippen LogP contribution in [0.5, 0.6) is 5.75 Å². The predicted molar refractivity (Wildman–Crippen MR) is 85.2 cm³/mol. The number of rotatable bonds is 6. The predicted octanol–water partition coefficient (Wildman–Crippen LogP) is 3.35. The highest BCUT2D eigenvalue weighted by Gasteiger charge is 2.04. The van der Waals surface area contributed by atoms with Crippen LogP contribution in [-0.4, -0.2) is 24.2 Å². The summed E-state index contributed by atoms with van der Waals surface area (Å²) in [5.74, 6) is 0.889. The van der Waals surface area contributed by atoms with E-state index < -0.39 is 0 Å². The summed E-state index contributed by atoms with van der Waals surface area (Å²) in [4.78, 5) is 15.8. The largest absolute Gasteiger partial charge is 0.493 e. The van der Waals surface area contributed by atoms with E-state index in [0.717, 1.165) is 23.4 Å². The Morgan fingerprint density at radius 3 is 2.86 bits per heavy atom. The van der Waals surface area contributed by atoms with E-state index in [4.69, 9.17) is 4.74 Å². The zero-order chi connectivity index (χ0) is 15.1. The van der Waals surface area contributed by atoms with Crippen molar-refractivity contribution in [3.05, 3.63) is 40.9 Å². The molecule has 2 rings (SSSR count). The molecule has 0 bridgehead atoms. The van der Waals surface area contributed by atoms with Crippen molar-refractivity contribution in [1.82, 2.24) is 10.3 Å². The van der Waals surface area contributed by atoms with Crippen molar-refractivity contribution in [2.75, 3.05) is 18.5 Å². The Balaban J connectivity index is 1.61. The van der Waals surface area contributed by atoms with Crippen LogP contribution < -0.4 is 15.4 Å². The van der Waals surface area contributed by atoms with Gasteiger partial charge in [0, 0.05) is 11.9 Å². The first-order chi connectivity index (χ1) is 10.1. The molecule has 0 saturated carbocycles. The number of hydrogen-bond donors (Lipinski definition) is 2. The molecule has 0 spiro atoms. The first-order valence-electron chi connectivity index (χ1n) is 6.80. The number of thiazole rings is 1. The molecule has 2 amide bonds. The van der Waals surface area contributed by atoms with Crippen LogP contribution in [0.1, 0.15) is 17.7 Å². The maximum absolute atomic E-state index is 11.6. The summed E-state index contributed by atoms with van der Waals surface area (Å²) >= 11 is 1.41. The molecule has 21 heavy (non-hydrogen) atoms. The monoisotopic (exact) mass is 305 g/mol. The van der Waals surface area contributed by atoms with Gasteiger partial charge in [-0.25, -0.2) is 9.78 Å². The SMILES string of the molecule is Cc1csc(NC(=O)NCCCOc2ccccc2C)n1. The average Bonchev–Trinajstić information content (AvgIpc) is 2.85. The number of nitrogens with one attached hydrogen (secondary N) is 2. The van der Waals surface area contributed by atoms with Gasteiger partial charge >= 0.3 is 6.03 Å². The molecule has 0 radical (unpaired) electrons. The third-order valence-corrected chi connectivity index (χ3v) is 3.67. The molecule has 0 atom stereocenters. The van der Waals surface area contributed by atoms with E-state index in [-0.39, 0.29) is 6.03 Å². The smallest absolute Gasteiger partial charge is 0.321 e. The van der Waals surface area contributed by atoms with Crippen molar-refractivity contribution in [3.8, 4) is 5.75 Å². The number of anilines is 1. The van der Waals surface area contributed by atoms with Gasteiger partial charge < -0.3 is 10.1 Å². The minimum atomic E-state index is -0.236. The van der Waals surface area contributed by atoms with Gasteiger partial charge in [-0.05, 0) is 31.9 Å². The van der Waals surface area contributed by atoms with Crippen molar-refractivity contribution in [2.24, 2.45) is 0 Å². The van der Waals surface area contributed by atoms with Gasteiger partial charge in [0.25, 0.3) is 0 Å². The number of carbonyl (C=O) groups excluding carboxylic acids is 1. The summed E-state index contributed by atoms with van der Waals surface area (Å²) < 4.78 is 5.66. The number of carbonyl (C=O) groups is 1. The Hall–Kier alpha value is -2.08. The standard InChI is InChI=1S/C15H19N3O2S/c1-11-6-3-4-7-13(11)20-9-5-8-16-14(19)18-15-17-12(2)10-21-15/h3-4,6-7,10H,5,8-9H2,1-2H3,(H2,16,17,18,19). The van der Waals surface area contributed by atoms with Gasteiger partial charge in [0.2, 0.25) is 0 Å². The first-order valence-corrected chi connectivity index (χ1v) is 7.68. The van der Waals surface area contributed by atoms with Crippen LogP contribution in [0.3, 0.4) is 0 Å². The summed E-state index contributed by atoms with van der Waals surface area (Å²) in [7, 11) is 0. The van der Waals surface area contributed by atoms with Crippen LogP contribution >= 0.6 is 11.3 Å². The van der Waals surface area contributed by atoms with Gasteiger partial charge in [-0.2, -0.15) is 0 Å². The molecule has 1 aromatic heterocycles. The molecule has 5 nitrogen and oxygen atoms in total. The number of amides is 2. The number of aromatic nitrogens is 1. The summed E-state index contributed by atoms with van der Waals surface area (Å²) in [6.45, 7) is 5.03. The topological polar surface area (TPSA) is 63.2 Å². The number of para-hydroxylation sites is 1. The molecule has 1 heterocycles. The van der Waals surface area contributed by atoms with E-state index in [9.17, 15) is 4.79 Å². The first kappa shape index (κ1) is 15.3. The third-order valence-electron chi connectivity index (χ3n) is 2.80. The molecular weight excluding hydrogens is 286 g/mol. The van der Waals surface area contributed by atoms with E-state index >= 15 is 0 Å². The number of hydrogen-bond acceptors (Lipinski definition) is 4. The second kappa shape index (κ2) is 7.64. The molecular formula is C15H19N3O2S. The highest BCUT2D eigenvalue weighted by atomic mass is 32.1. The molecule has 0 aliphatic rings. The normalized spacial score (nSPS) is 10.2. The average molecular weight is 305 g/mol. The van der Waals surface area contributed by atoms with Crippen LogP contribution in [0.25, 0.3) is 0 Å². The van der Waals surface area contributed by atoms with Crippen molar-refractivity contribution in [3.63, 3.8) is 0 Å². The van der Waals surface area contributed by atoms with Gasteiger partial charge in [-0.1, -0.05) is 18.2 Å². The zero-order valence-electron chi connectivity index (χ0n) is 12.2. The molecule has 112 valence electrons. The fourth-order valence-corrected chi connectivity index (χ4v) is 2.41. The Kier molecular flexibility index (Phi) is 5.57. The second-order valence-corrected chi connectivity index (χ2v) is 5.50. The Bertz CT molecular complexity index is 598.